The molecule has 5 nitrogen and oxygen atoms in total. The SMILES string of the molecule is CCCC[C@@H](N)C(=O)N1CCO[C@H](c2cccc(OC)c2)C1. The molecule has 5 heteroatoms. The summed E-state index contributed by atoms with van der Waals surface area (Å²) in [6.45, 7) is 3.80. The molecule has 2 rings (SSSR count). The quantitative estimate of drug-likeness (QED) is 0.874. The molecule has 22 heavy (non-hydrogen) atoms. The Balaban J connectivity index is 2.00. The summed E-state index contributed by atoms with van der Waals surface area (Å²) in [5.41, 5.74) is 7.04. The summed E-state index contributed by atoms with van der Waals surface area (Å²) in [6, 6.07) is 7.39. The van der Waals surface area contributed by atoms with E-state index in [1.54, 1.807) is 7.11 Å². The summed E-state index contributed by atoms with van der Waals surface area (Å²) in [5.74, 6) is 0.828. The Morgan fingerprint density at radius 1 is 1.55 bits per heavy atom. The third-order valence-electron chi connectivity index (χ3n) is 4.03. The predicted molar refractivity (Wildman–Crippen MR) is 85.8 cm³/mol. The Bertz CT molecular complexity index is 493. The minimum atomic E-state index is -0.399. The second kappa shape index (κ2) is 8.15. The van der Waals surface area contributed by atoms with Gasteiger partial charge in [0.2, 0.25) is 5.91 Å². The normalized spacial score (nSPS) is 19.8. The first kappa shape index (κ1) is 16.8. The van der Waals surface area contributed by atoms with E-state index in [0.29, 0.717) is 19.7 Å². The largest absolute Gasteiger partial charge is 0.497 e. The van der Waals surface area contributed by atoms with Crippen LogP contribution in [0, 0.1) is 0 Å². The van der Waals surface area contributed by atoms with E-state index in [9.17, 15) is 4.79 Å². The van der Waals surface area contributed by atoms with Crippen LogP contribution >= 0.6 is 0 Å². The summed E-state index contributed by atoms with van der Waals surface area (Å²) < 4.78 is 11.1. The zero-order valence-corrected chi connectivity index (χ0v) is 13.5. The first-order chi connectivity index (χ1) is 10.7. The molecule has 0 unspecified atom stereocenters. The molecule has 2 N–H and O–H groups in total. The molecule has 122 valence electrons. The number of ether oxygens (including phenoxy) is 2. The van der Waals surface area contributed by atoms with Gasteiger partial charge in [0, 0.05) is 6.54 Å². The van der Waals surface area contributed by atoms with Crippen molar-refractivity contribution in [3.8, 4) is 5.75 Å². The maximum Gasteiger partial charge on any atom is 0.239 e. The highest BCUT2D eigenvalue weighted by Crippen LogP contribution is 2.25. The molecule has 1 amide bonds. The molecule has 0 radical (unpaired) electrons. The van der Waals surface area contributed by atoms with Gasteiger partial charge in [-0.15, -0.1) is 0 Å². The van der Waals surface area contributed by atoms with E-state index in [4.69, 9.17) is 15.2 Å². The average molecular weight is 306 g/mol. The van der Waals surface area contributed by atoms with Crippen molar-refractivity contribution in [2.45, 2.75) is 38.3 Å². The molecule has 1 aliphatic rings. The van der Waals surface area contributed by atoms with Crippen molar-refractivity contribution in [1.82, 2.24) is 4.90 Å². The van der Waals surface area contributed by atoms with Crippen molar-refractivity contribution in [3.63, 3.8) is 0 Å². The molecular formula is C17H26N2O3. The number of amides is 1. The molecule has 0 bridgehead atoms. The fourth-order valence-corrected chi connectivity index (χ4v) is 2.67. The predicted octanol–water partition coefficient (Wildman–Crippen LogP) is 2.11. The number of rotatable bonds is 6. The monoisotopic (exact) mass is 306 g/mol. The Hall–Kier alpha value is -1.59. The molecule has 0 aliphatic carbocycles. The molecule has 1 fully saturated rings. The van der Waals surface area contributed by atoms with Crippen molar-refractivity contribution >= 4 is 5.91 Å². The molecule has 2 atom stereocenters. The minimum absolute atomic E-state index is 0.0321. The van der Waals surface area contributed by atoms with Crippen LogP contribution < -0.4 is 10.5 Å². The number of hydrogen-bond acceptors (Lipinski definition) is 4. The number of hydrogen-bond donors (Lipinski definition) is 1. The van der Waals surface area contributed by atoms with Gasteiger partial charge in [-0.05, 0) is 24.1 Å². The molecule has 1 aromatic carbocycles. The average Bonchev–Trinajstić information content (AvgIpc) is 2.59. The summed E-state index contributed by atoms with van der Waals surface area (Å²) in [5, 5.41) is 0. The smallest absolute Gasteiger partial charge is 0.239 e. The van der Waals surface area contributed by atoms with Crippen molar-refractivity contribution < 1.29 is 14.3 Å². The maximum atomic E-state index is 12.4. The number of carbonyl (C=O) groups excluding carboxylic acids is 1. The lowest BCUT2D eigenvalue weighted by atomic mass is 10.1. The fraction of sp³-hybridized carbons (Fsp3) is 0.588. The molecular weight excluding hydrogens is 280 g/mol. The van der Waals surface area contributed by atoms with Crippen LogP contribution in [-0.2, 0) is 9.53 Å². The minimum Gasteiger partial charge on any atom is -0.497 e. The van der Waals surface area contributed by atoms with E-state index in [-0.39, 0.29) is 12.0 Å². The molecule has 0 aromatic heterocycles. The van der Waals surface area contributed by atoms with Crippen LogP contribution in [-0.4, -0.2) is 43.7 Å². The molecule has 1 saturated heterocycles. The molecule has 1 heterocycles. The van der Waals surface area contributed by atoms with E-state index in [0.717, 1.165) is 30.6 Å². The molecule has 1 aromatic rings. The van der Waals surface area contributed by atoms with Gasteiger partial charge in [-0.3, -0.25) is 4.79 Å². The zero-order chi connectivity index (χ0) is 15.9. The standard InChI is InChI=1S/C17H26N2O3/c1-3-4-8-15(18)17(20)19-9-10-22-16(12-19)13-6-5-7-14(11-13)21-2/h5-7,11,15-16H,3-4,8-10,12,18H2,1-2H3/t15-,16+/m1/s1. The van der Waals surface area contributed by atoms with Crippen LogP contribution in [0.4, 0.5) is 0 Å². The second-order valence-electron chi connectivity index (χ2n) is 5.67. The summed E-state index contributed by atoms with van der Waals surface area (Å²) >= 11 is 0. The fourth-order valence-electron chi connectivity index (χ4n) is 2.67. The van der Waals surface area contributed by atoms with E-state index in [1.807, 2.05) is 29.2 Å². The van der Waals surface area contributed by atoms with Crippen LogP contribution in [0.2, 0.25) is 0 Å². The summed E-state index contributed by atoms with van der Waals surface area (Å²) in [7, 11) is 1.64. The van der Waals surface area contributed by atoms with Crippen molar-refractivity contribution in [1.29, 1.82) is 0 Å². The van der Waals surface area contributed by atoms with Crippen molar-refractivity contribution in [2.24, 2.45) is 5.73 Å². The highest BCUT2D eigenvalue weighted by Gasteiger charge is 2.28. The van der Waals surface area contributed by atoms with Gasteiger partial charge in [0.05, 0.1) is 26.3 Å². The van der Waals surface area contributed by atoms with Gasteiger partial charge in [-0.2, -0.15) is 0 Å². The maximum absolute atomic E-state index is 12.4. The van der Waals surface area contributed by atoms with Crippen molar-refractivity contribution in [2.75, 3.05) is 26.8 Å². The van der Waals surface area contributed by atoms with Gasteiger partial charge in [-0.25, -0.2) is 0 Å². The Labute approximate surface area is 132 Å². The molecule has 0 saturated carbocycles. The number of morpholine rings is 1. The number of nitrogens with zero attached hydrogens (tertiary/aromatic N) is 1. The van der Waals surface area contributed by atoms with Crippen LogP contribution in [0.15, 0.2) is 24.3 Å². The number of methoxy groups -OCH3 is 1. The highest BCUT2D eigenvalue weighted by atomic mass is 16.5. The van der Waals surface area contributed by atoms with Gasteiger partial charge in [0.25, 0.3) is 0 Å². The van der Waals surface area contributed by atoms with Crippen molar-refractivity contribution in [3.05, 3.63) is 29.8 Å². The summed E-state index contributed by atoms with van der Waals surface area (Å²) in [6.07, 6.45) is 2.66. The third kappa shape index (κ3) is 4.21. The Morgan fingerprint density at radius 3 is 3.09 bits per heavy atom. The molecule has 1 aliphatic heterocycles. The number of unbranched alkanes of at least 4 members (excludes halogenated alkanes) is 1. The van der Waals surface area contributed by atoms with Crippen LogP contribution in [0.5, 0.6) is 5.75 Å². The van der Waals surface area contributed by atoms with Crippen LogP contribution in [0.25, 0.3) is 0 Å². The van der Waals surface area contributed by atoms with Gasteiger partial charge in [0.15, 0.2) is 0 Å². The van der Waals surface area contributed by atoms with E-state index in [2.05, 4.69) is 6.92 Å². The van der Waals surface area contributed by atoms with Crippen LogP contribution in [0.3, 0.4) is 0 Å². The first-order valence-corrected chi connectivity index (χ1v) is 7.95. The molecule has 0 spiro atoms. The number of nitrogens with two attached hydrogens (primary N) is 1. The second-order valence-corrected chi connectivity index (χ2v) is 5.67. The van der Waals surface area contributed by atoms with Gasteiger partial charge < -0.3 is 20.1 Å². The first-order valence-electron chi connectivity index (χ1n) is 7.95. The lowest BCUT2D eigenvalue weighted by Crippen LogP contribution is -2.49. The van der Waals surface area contributed by atoms with Gasteiger partial charge in [-0.1, -0.05) is 31.9 Å². The third-order valence-corrected chi connectivity index (χ3v) is 4.03. The zero-order valence-electron chi connectivity index (χ0n) is 13.5. The van der Waals surface area contributed by atoms with Gasteiger partial charge >= 0.3 is 0 Å². The van der Waals surface area contributed by atoms with E-state index < -0.39 is 6.04 Å². The lowest BCUT2D eigenvalue weighted by Gasteiger charge is -2.34. The lowest BCUT2D eigenvalue weighted by molar-refractivity contribution is -0.140. The number of benzene rings is 1. The van der Waals surface area contributed by atoms with Crippen LogP contribution in [0.1, 0.15) is 37.9 Å². The van der Waals surface area contributed by atoms with E-state index >= 15 is 0 Å². The highest BCUT2D eigenvalue weighted by molar-refractivity contribution is 5.81. The Kier molecular flexibility index (Phi) is 6.21. The van der Waals surface area contributed by atoms with E-state index in [1.165, 1.54) is 0 Å². The summed E-state index contributed by atoms with van der Waals surface area (Å²) in [4.78, 5) is 14.3. The Morgan fingerprint density at radius 2 is 2.36 bits per heavy atom. The topological polar surface area (TPSA) is 64.8 Å². The number of carbonyl (C=O) groups is 1. The van der Waals surface area contributed by atoms with Gasteiger partial charge in [0.1, 0.15) is 11.9 Å².